The zero-order valence-electron chi connectivity index (χ0n) is 10.1. The van der Waals surface area contributed by atoms with Gasteiger partial charge >= 0.3 is 6.18 Å². The Hall–Kier alpha value is -1.23. The van der Waals surface area contributed by atoms with Crippen LogP contribution in [-0.2, 0) is 5.54 Å². The first-order valence-electron chi connectivity index (χ1n) is 5.32. The highest BCUT2D eigenvalue weighted by Gasteiger charge is 2.53. The Morgan fingerprint density at radius 2 is 1.82 bits per heavy atom. The predicted octanol–water partition coefficient (Wildman–Crippen LogP) is 3.08. The summed E-state index contributed by atoms with van der Waals surface area (Å²) in [4.78, 5) is 0. The van der Waals surface area contributed by atoms with Gasteiger partial charge < -0.3 is 10.1 Å². The highest BCUT2D eigenvalue weighted by molar-refractivity contribution is 5.39. The summed E-state index contributed by atoms with van der Waals surface area (Å²) in [5.74, 6) is 0.230. The second-order valence-electron chi connectivity index (χ2n) is 3.85. The number of hydrogen-bond donors (Lipinski definition) is 1. The van der Waals surface area contributed by atoms with Crippen molar-refractivity contribution in [2.75, 3.05) is 13.7 Å². The van der Waals surface area contributed by atoms with Gasteiger partial charge in [0.05, 0.1) is 7.11 Å². The summed E-state index contributed by atoms with van der Waals surface area (Å²) in [5, 5.41) is 2.48. The fourth-order valence-electron chi connectivity index (χ4n) is 1.76. The molecule has 0 saturated heterocycles. The van der Waals surface area contributed by atoms with E-state index >= 15 is 0 Å². The number of rotatable bonds is 4. The molecule has 0 aliphatic rings. The minimum Gasteiger partial charge on any atom is -0.496 e. The number of hydrogen-bond acceptors (Lipinski definition) is 2. The molecule has 0 spiro atoms. The first kappa shape index (κ1) is 13.8. The third-order valence-electron chi connectivity index (χ3n) is 2.74. The molecule has 96 valence electrons. The highest BCUT2D eigenvalue weighted by atomic mass is 19.4. The topological polar surface area (TPSA) is 21.3 Å². The average molecular weight is 247 g/mol. The molecular weight excluding hydrogens is 231 g/mol. The van der Waals surface area contributed by atoms with Gasteiger partial charge in [-0.3, -0.25) is 0 Å². The van der Waals surface area contributed by atoms with Gasteiger partial charge in [0.2, 0.25) is 0 Å². The molecule has 0 heterocycles. The zero-order valence-corrected chi connectivity index (χ0v) is 10.1. The largest absolute Gasteiger partial charge is 0.496 e. The molecule has 0 bridgehead atoms. The van der Waals surface area contributed by atoms with E-state index in [1.807, 2.05) is 0 Å². The van der Waals surface area contributed by atoms with Gasteiger partial charge in [-0.05, 0) is 19.5 Å². The van der Waals surface area contributed by atoms with Crippen molar-refractivity contribution in [3.63, 3.8) is 0 Å². The molecule has 1 aromatic rings. The van der Waals surface area contributed by atoms with E-state index in [0.29, 0.717) is 0 Å². The van der Waals surface area contributed by atoms with Gasteiger partial charge in [-0.2, -0.15) is 13.2 Å². The van der Waals surface area contributed by atoms with Crippen LogP contribution in [0.4, 0.5) is 13.2 Å². The number of para-hydroxylation sites is 1. The van der Waals surface area contributed by atoms with Gasteiger partial charge in [-0.15, -0.1) is 0 Å². The van der Waals surface area contributed by atoms with Crippen LogP contribution in [0.5, 0.6) is 5.75 Å². The molecule has 0 radical (unpaired) electrons. The molecule has 0 aromatic heterocycles. The summed E-state index contributed by atoms with van der Waals surface area (Å²) in [6.45, 7) is 2.97. The van der Waals surface area contributed by atoms with Crippen molar-refractivity contribution in [2.45, 2.75) is 25.6 Å². The SMILES string of the molecule is CCNC(C)(c1ccccc1OC)C(F)(F)F. The number of methoxy groups -OCH3 is 1. The van der Waals surface area contributed by atoms with Crippen molar-refractivity contribution in [3.8, 4) is 5.75 Å². The number of halogens is 3. The van der Waals surface area contributed by atoms with Gasteiger partial charge in [0.15, 0.2) is 0 Å². The molecule has 0 amide bonds. The highest BCUT2D eigenvalue weighted by Crippen LogP contribution is 2.42. The standard InChI is InChI=1S/C12H16F3NO/c1-4-16-11(2,12(13,14)15)9-7-5-6-8-10(9)17-3/h5-8,16H,4H2,1-3H3. The molecule has 17 heavy (non-hydrogen) atoms. The maximum absolute atomic E-state index is 13.2. The number of nitrogens with one attached hydrogen (secondary N) is 1. The lowest BCUT2D eigenvalue weighted by atomic mass is 9.90. The van der Waals surface area contributed by atoms with E-state index in [9.17, 15) is 13.2 Å². The first-order valence-corrected chi connectivity index (χ1v) is 5.32. The number of ether oxygens (including phenoxy) is 1. The van der Waals surface area contributed by atoms with Crippen LogP contribution in [0.2, 0.25) is 0 Å². The van der Waals surface area contributed by atoms with Crippen LogP contribution in [0.15, 0.2) is 24.3 Å². The summed E-state index contributed by atoms with van der Waals surface area (Å²) in [5.41, 5.74) is -2.01. The van der Waals surface area contributed by atoms with E-state index in [-0.39, 0.29) is 17.9 Å². The molecule has 5 heteroatoms. The van der Waals surface area contributed by atoms with Crippen LogP contribution in [-0.4, -0.2) is 19.8 Å². The molecule has 2 nitrogen and oxygen atoms in total. The minimum atomic E-state index is -4.39. The van der Waals surface area contributed by atoms with Crippen LogP contribution in [0.3, 0.4) is 0 Å². The molecule has 0 saturated carbocycles. The van der Waals surface area contributed by atoms with Gasteiger partial charge in [-0.25, -0.2) is 0 Å². The zero-order chi connectivity index (χ0) is 13.1. The molecular formula is C12H16F3NO. The van der Waals surface area contributed by atoms with Crippen molar-refractivity contribution in [3.05, 3.63) is 29.8 Å². The van der Waals surface area contributed by atoms with E-state index in [1.54, 1.807) is 19.1 Å². The predicted molar refractivity (Wildman–Crippen MR) is 60.1 cm³/mol. The van der Waals surface area contributed by atoms with E-state index in [2.05, 4.69) is 5.32 Å². The Labute approximate surface area is 98.8 Å². The second-order valence-corrected chi connectivity index (χ2v) is 3.85. The van der Waals surface area contributed by atoms with Crippen molar-refractivity contribution in [2.24, 2.45) is 0 Å². The summed E-state index contributed by atoms with van der Waals surface area (Å²) >= 11 is 0. The monoisotopic (exact) mass is 247 g/mol. The van der Waals surface area contributed by atoms with Gasteiger partial charge in [0.25, 0.3) is 0 Å². The van der Waals surface area contributed by atoms with Crippen LogP contribution in [0.25, 0.3) is 0 Å². The third-order valence-corrected chi connectivity index (χ3v) is 2.74. The second kappa shape index (κ2) is 4.96. The van der Waals surface area contributed by atoms with Crippen molar-refractivity contribution in [1.82, 2.24) is 5.32 Å². The van der Waals surface area contributed by atoms with Crippen LogP contribution in [0.1, 0.15) is 19.4 Å². The van der Waals surface area contributed by atoms with Gasteiger partial charge in [0, 0.05) is 5.56 Å². The minimum absolute atomic E-state index is 0.0943. The summed E-state index contributed by atoms with van der Waals surface area (Å²) in [6, 6.07) is 6.16. The lowest BCUT2D eigenvalue weighted by Crippen LogP contribution is -2.51. The molecule has 0 aliphatic carbocycles. The molecule has 1 unspecified atom stereocenters. The molecule has 1 rings (SSSR count). The average Bonchev–Trinajstić information content (AvgIpc) is 2.27. The molecule has 0 aliphatic heterocycles. The molecule has 1 atom stereocenters. The van der Waals surface area contributed by atoms with E-state index < -0.39 is 11.7 Å². The Bertz CT molecular complexity index is 378. The lowest BCUT2D eigenvalue weighted by Gasteiger charge is -2.34. The summed E-state index contributed by atoms with van der Waals surface area (Å²) in [7, 11) is 1.36. The summed E-state index contributed by atoms with van der Waals surface area (Å²) in [6.07, 6.45) is -4.39. The van der Waals surface area contributed by atoms with Crippen molar-refractivity contribution in [1.29, 1.82) is 0 Å². The maximum atomic E-state index is 13.2. The first-order chi connectivity index (χ1) is 7.86. The lowest BCUT2D eigenvalue weighted by molar-refractivity contribution is -0.195. The van der Waals surface area contributed by atoms with Crippen molar-refractivity contribution >= 4 is 0 Å². The molecule has 1 N–H and O–H groups in total. The normalized spacial score (nSPS) is 15.4. The van der Waals surface area contributed by atoms with E-state index in [0.717, 1.165) is 6.92 Å². The van der Waals surface area contributed by atoms with Gasteiger partial charge in [0.1, 0.15) is 11.3 Å². The number of alkyl halides is 3. The Kier molecular flexibility index (Phi) is 4.03. The Balaban J connectivity index is 3.32. The van der Waals surface area contributed by atoms with E-state index in [4.69, 9.17) is 4.74 Å². The van der Waals surface area contributed by atoms with Gasteiger partial charge in [-0.1, -0.05) is 25.1 Å². The maximum Gasteiger partial charge on any atom is 0.410 e. The van der Waals surface area contributed by atoms with Crippen LogP contribution < -0.4 is 10.1 Å². The van der Waals surface area contributed by atoms with Crippen molar-refractivity contribution < 1.29 is 17.9 Å². The van der Waals surface area contributed by atoms with Crippen LogP contribution >= 0.6 is 0 Å². The molecule has 1 aromatic carbocycles. The molecule has 0 fully saturated rings. The summed E-state index contributed by atoms with van der Waals surface area (Å²) < 4.78 is 44.5. The van der Waals surface area contributed by atoms with E-state index in [1.165, 1.54) is 19.2 Å². The fourth-order valence-corrected chi connectivity index (χ4v) is 1.76. The number of benzene rings is 1. The Morgan fingerprint density at radius 1 is 1.24 bits per heavy atom. The quantitative estimate of drug-likeness (QED) is 0.882. The fraction of sp³-hybridized carbons (Fsp3) is 0.500. The smallest absolute Gasteiger partial charge is 0.410 e. The third kappa shape index (κ3) is 2.54. The Morgan fingerprint density at radius 3 is 2.29 bits per heavy atom. The van der Waals surface area contributed by atoms with Crippen LogP contribution in [0, 0.1) is 0 Å².